The van der Waals surface area contributed by atoms with Gasteiger partial charge >= 0.3 is 6.18 Å². The van der Waals surface area contributed by atoms with Crippen LogP contribution >= 0.6 is 12.2 Å². The number of aromatic nitrogens is 2. The highest BCUT2D eigenvalue weighted by Crippen LogP contribution is 2.32. The summed E-state index contributed by atoms with van der Waals surface area (Å²) in [4.78, 5) is 31.2. The quantitative estimate of drug-likeness (QED) is 0.455. The molecule has 0 spiro atoms. The van der Waals surface area contributed by atoms with Crippen LogP contribution in [0.15, 0.2) is 57.9 Å². The lowest BCUT2D eigenvalue weighted by molar-refractivity contribution is -0.137. The van der Waals surface area contributed by atoms with Gasteiger partial charge in [0, 0.05) is 18.7 Å². The van der Waals surface area contributed by atoms with E-state index in [2.05, 4.69) is 15.3 Å². The number of carbonyl (C=O) groups excluding carboxylic acids is 1. The predicted molar refractivity (Wildman–Crippen MR) is 131 cm³/mol. The van der Waals surface area contributed by atoms with Crippen LogP contribution in [-0.4, -0.2) is 27.1 Å². The number of aryl methyl sites for hydroxylation is 1. The van der Waals surface area contributed by atoms with E-state index in [1.807, 2.05) is 25.1 Å². The fraction of sp³-hybridized carbons (Fsp3) is 0.200. The number of halogens is 3. The highest BCUT2D eigenvalue weighted by atomic mass is 32.1. The van der Waals surface area contributed by atoms with Gasteiger partial charge in [-0.05, 0) is 61.0 Å². The molecule has 1 aromatic heterocycles. The first kappa shape index (κ1) is 25.1. The molecule has 0 saturated carbocycles. The molecule has 1 amide bonds. The highest BCUT2D eigenvalue weighted by Gasteiger charge is 2.31. The van der Waals surface area contributed by atoms with Crippen molar-refractivity contribution in [3.8, 4) is 11.6 Å². The fourth-order valence-electron chi connectivity index (χ4n) is 3.99. The molecule has 3 aromatic rings. The number of nitrogens with zero attached hydrogens (tertiary/aromatic N) is 2. The number of alkyl halides is 3. The minimum Gasteiger partial charge on any atom is -0.494 e. The van der Waals surface area contributed by atoms with Crippen LogP contribution in [0.25, 0.3) is 17.3 Å². The number of H-pyrrole nitrogens is 1. The second-order valence-electron chi connectivity index (χ2n) is 8.20. The number of benzene rings is 2. The lowest BCUT2D eigenvalue weighted by Crippen LogP contribution is -2.27. The number of aromatic hydroxyl groups is 1. The summed E-state index contributed by atoms with van der Waals surface area (Å²) in [5, 5.41) is 15.3. The van der Waals surface area contributed by atoms with E-state index in [0.29, 0.717) is 24.0 Å². The van der Waals surface area contributed by atoms with E-state index in [0.717, 1.165) is 33.1 Å². The molecule has 0 saturated heterocycles. The summed E-state index contributed by atoms with van der Waals surface area (Å²) < 4.78 is 40.4. The van der Waals surface area contributed by atoms with Gasteiger partial charge in [0.1, 0.15) is 5.56 Å². The standard InChI is InChI=1S/C25H21F3N4O3S/c1-13-5-3-8-18-17(9-10-29-14(2)33)20(30-21(13)18)12-19-22(34)31-24(36)32(23(19)35)16-7-4-6-15(11-16)25(26,27)28/h3-8,11-12,35H,9-10H2,1-2H3,(H,29,33)(H,31,34,36)/b20-12-. The van der Waals surface area contributed by atoms with Crippen molar-refractivity contribution in [2.75, 3.05) is 6.54 Å². The molecule has 0 aliphatic carbocycles. The van der Waals surface area contributed by atoms with Gasteiger partial charge in [-0.25, -0.2) is 4.99 Å². The van der Waals surface area contributed by atoms with Crippen LogP contribution in [0.4, 0.5) is 13.2 Å². The molecule has 1 aliphatic rings. The zero-order chi connectivity index (χ0) is 26.2. The first-order valence-corrected chi connectivity index (χ1v) is 11.3. The Kier molecular flexibility index (Phi) is 6.68. The minimum absolute atomic E-state index is 0.0689. The number of para-hydroxylation sites is 1. The van der Waals surface area contributed by atoms with E-state index in [1.54, 1.807) is 0 Å². The van der Waals surface area contributed by atoms with Crippen LogP contribution in [0, 0.1) is 11.7 Å². The molecular weight excluding hydrogens is 493 g/mol. The van der Waals surface area contributed by atoms with Crippen molar-refractivity contribution in [3.63, 3.8) is 0 Å². The zero-order valence-corrected chi connectivity index (χ0v) is 20.0. The van der Waals surface area contributed by atoms with E-state index in [1.165, 1.54) is 25.1 Å². The third-order valence-corrected chi connectivity index (χ3v) is 5.97. The van der Waals surface area contributed by atoms with Gasteiger partial charge in [-0.3, -0.25) is 19.1 Å². The third kappa shape index (κ3) is 4.87. The molecule has 186 valence electrons. The summed E-state index contributed by atoms with van der Waals surface area (Å²) in [5.74, 6) is -0.822. The van der Waals surface area contributed by atoms with Crippen molar-refractivity contribution >= 4 is 29.8 Å². The van der Waals surface area contributed by atoms with Crippen LogP contribution in [0.1, 0.15) is 30.0 Å². The van der Waals surface area contributed by atoms with Crippen LogP contribution < -0.4 is 21.5 Å². The summed E-state index contributed by atoms with van der Waals surface area (Å²) in [6.07, 6.45) is -2.84. The van der Waals surface area contributed by atoms with Crippen LogP contribution in [0.2, 0.25) is 0 Å². The Morgan fingerprint density at radius 3 is 2.67 bits per heavy atom. The summed E-state index contributed by atoms with van der Waals surface area (Å²) in [7, 11) is 0. The molecule has 1 aliphatic heterocycles. The SMILES string of the molecule is CC(=O)NCCC1=c2cccc(C)c2=N/C1=C\c1c(O)n(-c2cccc(C(F)(F)F)c2)c(=S)[nH]c1=O. The fourth-order valence-corrected chi connectivity index (χ4v) is 4.27. The lowest BCUT2D eigenvalue weighted by atomic mass is 10.0. The van der Waals surface area contributed by atoms with Gasteiger partial charge in [-0.15, -0.1) is 0 Å². The Labute approximate surface area is 208 Å². The van der Waals surface area contributed by atoms with E-state index in [-0.39, 0.29) is 21.9 Å². The summed E-state index contributed by atoms with van der Waals surface area (Å²) >= 11 is 5.14. The maximum atomic E-state index is 13.2. The normalized spacial score (nSPS) is 14.0. The molecule has 0 bridgehead atoms. The highest BCUT2D eigenvalue weighted by molar-refractivity contribution is 7.71. The Bertz CT molecular complexity index is 1650. The number of allylic oxidation sites excluding steroid dienone is 1. The van der Waals surface area contributed by atoms with Gasteiger partial charge in [0.15, 0.2) is 4.77 Å². The van der Waals surface area contributed by atoms with Crippen molar-refractivity contribution in [2.45, 2.75) is 26.4 Å². The number of fused-ring (bicyclic) bond motifs is 1. The number of hydrogen-bond donors (Lipinski definition) is 3. The van der Waals surface area contributed by atoms with Crippen molar-refractivity contribution in [1.82, 2.24) is 14.9 Å². The van der Waals surface area contributed by atoms with Gasteiger partial charge in [-0.2, -0.15) is 13.2 Å². The number of carbonyl (C=O) groups is 1. The first-order valence-electron chi connectivity index (χ1n) is 10.9. The topological polar surface area (TPSA) is 99.5 Å². The van der Waals surface area contributed by atoms with E-state index >= 15 is 0 Å². The number of rotatable bonds is 5. The van der Waals surface area contributed by atoms with Crippen molar-refractivity contribution in [3.05, 3.63) is 90.6 Å². The molecule has 36 heavy (non-hydrogen) atoms. The average molecular weight is 515 g/mol. The molecule has 2 heterocycles. The first-order chi connectivity index (χ1) is 17.0. The molecule has 0 atom stereocenters. The maximum Gasteiger partial charge on any atom is 0.416 e. The summed E-state index contributed by atoms with van der Waals surface area (Å²) in [6.45, 7) is 3.61. The van der Waals surface area contributed by atoms with E-state index < -0.39 is 23.2 Å². The molecular formula is C25H21F3N4O3S. The van der Waals surface area contributed by atoms with Gasteiger partial charge < -0.3 is 10.4 Å². The zero-order valence-electron chi connectivity index (χ0n) is 19.2. The van der Waals surface area contributed by atoms with Crippen LogP contribution in [0.3, 0.4) is 0 Å². The van der Waals surface area contributed by atoms with Crippen molar-refractivity contribution in [1.29, 1.82) is 0 Å². The number of amides is 1. The van der Waals surface area contributed by atoms with Gasteiger partial charge in [0.2, 0.25) is 11.8 Å². The minimum atomic E-state index is -4.61. The number of aromatic amines is 1. The van der Waals surface area contributed by atoms with Gasteiger partial charge in [-0.1, -0.05) is 24.3 Å². The summed E-state index contributed by atoms with van der Waals surface area (Å²) in [6, 6.07) is 9.86. The second-order valence-corrected chi connectivity index (χ2v) is 8.59. The van der Waals surface area contributed by atoms with E-state index in [4.69, 9.17) is 12.2 Å². The molecule has 4 rings (SSSR count). The van der Waals surface area contributed by atoms with Crippen molar-refractivity contribution in [2.24, 2.45) is 4.99 Å². The monoisotopic (exact) mass is 514 g/mol. The lowest BCUT2D eigenvalue weighted by Gasteiger charge is -2.14. The van der Waals surface area contributed by atoms with Crippen LogP contribution in [0.5, 0.6) is 5.88 Å². The Morgan fingerprint density at radius 2 is 1.97 bits per heavy atom. The largest absolute Gasteiger partial charge is 0.494 e. The van der Waals surface area contributed by atoms with Crippen LogP contribution in [-0.2, 0) is 11.0 Å². The number of hydrogen-bond acceptors (Lipinski definition) is 5. The number of nitrogens with one attached hydrogen (secondary N) is 2. The Hall–Kier alpha value is -3.99. The second kappa shape index (κ2) is 9.57. The Balaban J connectivity index is 1.89. The predicted octanol–water partition coefficient (Wildman–Crippen LogP) is 3.28. The molecule has 7 nitrogen and oxygen atoms in total. The molecule has 0 fully saturated rings. The molecule has 0 unspecified atom stereocenters. The molecule has 11 heteroatoms. The molecule has 2 aromatic carbocycles. The average Bonchev–Trinajstić information content (AvgIpc) is 3.14. The molecule has 0 radical (unpaired) electrons. The summed E-state index contributed by atoms with van der Waals surface area (Å²) in [5.41, 5.74) is 0.0799. The van der Waals surface area contributed by atoms with Gasteiger partial charge in [0.05, 0.1) is 22.3 Å². The third-order valence-electron chi connectivity index (χ3n) is 5.69. The van der Waals surface area contributed by atoms with E-state index in [9.17, 15) is 27.9 Å². The molecule has 3 N–H and O–H groups in total. The van der Waals surface area contributed by atoms with Crippen molar-refractivity contribution < 1.29 is 23.1 Å². The smallest absolute Gasteiger partial charge is 0.416 e. The Morgan fingerprint density at radius 1 is 1.25 bits per heavy atom. The maximum absolute atomic E-state index is 13.2. The van der Waals surface area contributed by atoms with Gasteiger partial charge in [0.25, 0.3) is 5.56 Å².